The normalized spacial score (nSPS) is 20.3. The number of rotatable bonds is 2. The van der Waals surface area contributed by atoms with E-state index in [0.29, 0.717) is 11.5 Å². The first-order chi connectivity index (χ1) is 8.20. The number of hydrogen-bond acceptors (Lipinski definition) is 2. The summed E-state index contributed by atoms with van der Waals surface area (Å²) in [4.78, 5) is 14.1. The molecule has 3 nitrogen and oxygen atoms in total. The Hall–Kier alpha value is -1.03. The first-order valence-corrected chi connectivity index (χ1v) is 6.97. The molecule has 0 aromatic heterocycles. The van der Waals surface area contributed by atoms with Crippen molar-refractivity contribution in [2.75, 3.05) is 18.4 Å². The van der Waals surface area contributed by atoms with Crippen LogP contribution in [0.1, 0.15) is 23.2 Å². The van der Waals surface area contributed by atoms with E-state index in [1.54, 1.807) is 24.3 Å². The SMILES string of the molecule is O=C(c1ccc(O)cc1)N1CCCC(CBr)C1. The second-order valence-electron chi connectivity index (χ2n) is 4.46. The van der Waals surface area contributed by atoms with Gasteiger partial charge in [0.1, 0.15) is 5.75 Å². The van der Waals surface area contributed by atoms with Crippen LogP contribution in [0.2, 0.25) is 0 Å². The first kappa shape index (κ1) is 12.4. The first-order valence-electron chi connectivity index (χ1n) is 5.85. The average molecular weight is 298 g/mol. The number of phenols is 1. The van der Waals surface area contributed by atoms with Crippen LogP contribution in [0.15, 0.2) is 24.3 Å². The van der Waals surface area contributed by atoms with Gasteiger partial charge in [-0.3, -0.25) is 4.79 Å². The topological polar surface area (TPSA) is 40.5 Å². The molecule has 1 unspecified atom stereocenters. The van der Waals surface area contributed by atoms with Crippen molar-refractivity contribution >= 4 is 21.8 Å². The number of nitrogens with zero attached hydrogens (tertiary/aromatic N) is 1. The fourth-order valence-corrected chi connectivity index (χ4v) is 2.69. The van der Waals surface area contributed by atoms with E-state index in [1.807, 2.05) is 4.90 Å². The Balaban J connectivity index is 2.06. The smallest absolute Gasteiger partial charge is 0.253 e. The fourth-order valence-electron chi connectivity index (χ4n) is 2.16. The Labute approximate surface area is 110 Å². The highest BCUT2D eigenvalue weighted by atomic mass is 79.9. The van der Waals surface area contributed by atoms with Crippen molar-refractivity contribution in [3.05, 3.63) is 29.8 Å². The van der Waals surface area contributed by atoms with E-state index in [-0.39, 0.29) is 11.7 Å². The summed E-state index contributed by atoms with van der Waals surface area (Å²) < 4.78 is 0. The Morgan fingerprint density at radius 1 is 1.41 bits per heavy atom. The van der Waals surface area contributed by atoms with E-state index in [1.165, 1.54) is 6.42 Å². The molecule has 1 fully saturated rings. The van der Waals surface area contributed by atoms with Crippen molar-refractivity contribution < 1.29 is 9.90 Å². The lowest BCUT2D eigenvalue weighted by atomic mass is 9.99. The highest BCUT2D eigenvalue weighted by Gasteiger charge is 2.23. The summed E-state index contributed by atoms with van der Waals surface area (Å²) in [5.41, 5.74) is 0.651. The molecular weight excluding hydrogens is 282 g/mol. The van der Waals surface area contributed by atoms with Crippen LogP contribution in [0.5, 0.6) is 5.75 Å². The standard InChI is InChI=1S/C13H16BrNO2/c14-8-10-2-1-7-15(9-10)13(17)11-3-5-12(16)6-4-11/h3-6,10,16H,1-2,7-9H2. The number of carbonyl (C=O) groups is 1. The van der Waals surface area contributed by atoms with Gasteiger partial charge in [0, 0.05) is 24.0 Å². The molecule has 1 aliphatic heterocycles. The van der Waals surface area contributed by atoms with Crippen molar-refractivity contribution in [3.63, 3.8) is 0 Å². The number of halogens is 1. The number of hydrogen-bond donors (Lipinski definition) is 1. The maximum atomic E-state index is 12.2. The molecule has 0 aliphatic carbocycles. The molecule has 1 aromatic rings. The third kappa shape index (κ3) is 3.00. The van der Waals surface area contributed by atoms with E-state index in [0.717, 1.165) is 24.8 Å². The average Bonchev–Trinajstić information content (AvgIpc) is 2.39. The van der Waals surface area contributed by atoms with Gasteiger partial charge in [-0.1, -0.05) is 15.9 Å². The van der Waals surface area contributed by atoms with E-state index < -0.39 is 0 Å². The summed E-state index contributed by atoms with van der Waals surface area (Å²) in [6, 6.07) is 6.46. The molecule has 2 rings (SSSR count). The van der Waals surface area contributed by atoms with E-state index in [9.17, 15) is 9.90 Å². The molecule has 1 saturated heterocycles. The zero-order valence-corrected chi connectivity index (χ0v) is 11.2. The Morgan fingerprint density at radius 2 is 2.12 bits per heavy atom. The van der Waals surface area contributed by atoms with E-state index in [2.05, 4.69) is 15.9 Å². The van der Waals surface area contributed by atoms with Crippen molar-refractivity contribution in [1.29, 1.82) is 0 Å². The van der Waals surface area contributed by atoms with E-state index in [4.69, 9.17) is 0 Å². The van der Waals surface area contributed by atoms with E-state index >= 15 is 0 Å². The third-order valence-corrected chi connectivity index (χ3v) is 4.05. The zero-order valence-electron chi connectivity index (χ0n) is 9.60. The molecule has 0 radical (unpaired) electrons. The predicted molar refractivity (Wildman–Crippen MR) is 70.5 cm³/mol. The molecule has 1 aliphatic rings. The van der Waals surface area contributed by atoms with Gasteiger partial charge >= 0.3 is 0 Å². The van der Waals surface area contributed by atoms with Crippen molar-refractivity contribution in [3.8, 4) is 5.75 Å². The summed E-state index contributed by atoms with van der Waals surface area (Å²) >= 11 is 3.48. The summed E-state index contributed by atoms with van der Waals surface area (Å²) in [6.07, 6.45) is 2.25. The molecule has 1 atom stereocenters. The Kier molecular flexibility index (Phi) is 4.05. The summed E-state index contributed by atoms with van der Waals surface area (Å²) in [5.74, 6) is 0.819. The van der Waals surface area contributed by atoms with Crippen molar-refractivity contribution in [2.24, 2.45) is 5.92 Å². The minimum atomic E-state index is 0.0654. The van der Waals surface area contributed by atoms with Gasteiger partial charge in [0.05, 0.1) is 0 Å². The number of aromatic hydroxyl groups is 1. The molecule has 0 spiro atoms. The number of carbonyl (C=O) groups excluding carboxylic acids is 1. The molecule has 1 amide bonds. The van der Waals surface area contributed by atoms with Gasteiger partial charge < -0.3 is 10.0 Å². The fraction of sp³-hybridized carbons (Fsp3) is 0.462. The minimum Gasteiger partial charge on any atom is -0.508 e. The van der Waals surface area contributed by atoms with Gasteiger partial charge in [-0.2, -0.15) is 0 Å². The van der Waals surface area contributed by atoms with Gasteiger partial charge in [-0.15, -0.1) is 0 Å². The van der Waals surface area contributed by atoms with Gasteiger partial charge in [0.15, 0.2) is 0 Å². The number of amides is 1. The number of likely N-dealkylation sites (tertiary alicyclic amines) is 1. The molecule has 17 heavy (non-hydrogen) atoms. The third-order valence-electron chi connectivity index (χ3n) is 3.14. The minimum absolute atomic E-state index is 0.0654. The van der Waals surface area contributed by atoms with Gasteiger partial charge in [-0.25, -0.2) is 0 Å². The highest BCUT2D eigenvalue weighted by Crippen LogP contribution is 2.20. The van der Waals surface area contributed by atoms with Gasteiger partial charge in [0.25, 0.3) is 5.91 Å². The van der Waals surface area contributed by atoms with Crippen molar-refractivity contribution in [2.45, 2.75) is 12.8 Å². The monoisotopic (exact) mass is 297 g/mol. The van der Waals surface area contributed by atoms with Crippen LogP contribution in [0.3, 0.4) is 0 Å². The molecule has 92 valence electrons. The molecule has 4 heteroatoms. The van der Waals surface area contributed by atoms with Crippen molar-refractivity contribution in [1.82, 2.24) is 4.90 Å². The highest BCUT2D eigenvalue weighted by molar-refractivity contribution is 9.09. The lowest BCUT2D eigenvalue weighted by Gasteiger charge is -2.32. The van der Waals surface area contributed by atoms with Crippen LogP contribution in [0.4, 0.5) is 0 Å². The summed E-state index contributed by atoms with van der Waals surface area (Å²) in [6.45, 7) is 1.66. The Bertz CT molecular complexity index is 391. The van der Waals surface area contributed by atoms with Crippen LogP contribution < -0.4 is 0 Å². The van der Waals surface area contributed by atoms with Crippen LogP contribution in [-0.2, 0) is 0 Å². The molecule has 1 N–H and O–H groups in total. The predicted octanol–water partition coefficient (Wildman–Crippen LogP) is 2.64. The number of phenolic OH excluding ortho intramolecular Hbond substituents is 1. The second-order valence-corrected chi connectivity index (χ2v) is 5.11. The molecule has 1 aromatic carbocycles. The quantitative estimate of drug-likeness (QED) is 0.853. The molecule has 0 bridgehead atoms. The second kappa shape index (κ2) is 5.54. The molecular formula is C13H16BrNO2. The summed E-state index contributed by atoms with van der Waals surface area (Å²) in [5, 5.41) is 10.1. The lowest BCUT2D eigenvalue weighted by Crippen LogP contribution is -2.40. The zero-order chi connectivity index (χ0) is 12.3. The van der Waals surface area contributed by atoms with Crippen LogP contribution in [0, 0.1) is 5.92 Å². The van der Waals surface area contributed by atoms with Gasteiger partial charge in [0.2, 0.25) is 0 Å². The van der Waals surface area contributed by atoms with Crippen LogP contribution in [-0.4, -0.2) is 34.3 Å². The van der Waals surface area contributed by atoms with Crippen LogP contribution >= 0.6 is 15.9 Å². The molecule has 0 saturated carbocycles. The van der Waals surface area contributed by atoms with Crippen LogP contribution in [0.25, 0.3) is 0 Å². The number of piperidine rings is 1. The van der Waals surface area contributed by atoms with Gasteiger partial charge in [-0.05, 0) is 43.0 Å². The molecule has 1 heterocycles. The largest absolute Gasteiger partial charge is 0.508 e. The maximum absolute atomic E-state index is 12.2. The summed E-state index contributed by atoms with van der Waals surface area (Å²) in [7, 11) is 0. The maximum Gasteiger partial charge on any atom is 0.253 e. The number of alkyl halides is 1. The Morgan fingerprint density at radius 3 is 2.76 bits per heavy atom. The lowest BCUT2D eigenvalue weighted by molar-refractivity contribution is 0.0686. The number of benzene rings is 1.